The van der Waals surface area contributed by atoms with E-state index < -0.39 is 5.97 Å². The molecule has 0 bridgehead atoms. The van der Waals surface area contributed by atoms with Gasteiger partial charge in [0.25, 0.3) is 0 Å². The number of pyridine rings is 1. The lowest BCUT2D eigenvalue weighted by Crippen LogP contribution is -2.04. The lowest BCUT2D eigenvalue weighted by atomic mass is 10.1. The van der Waals surface area contributed by atoms with Crippen LogP contribution in [-0.2, 0) is 0 Å². The molecular weight excluding hydrogens is 254 g/mol. The summed E-state index contributed by atoms with van der Waals surface area (Å²) in [6.07, 6.45) is 1.66. The Morgan fingerprint density at radius 1 is 1.20 bits per heavy atom. The zero-order valence-corrected chi connectivity index (χ0v) is 11.2. The highest BCUT2D eigenvalue weighted by molar-refractivity contribution is 5.85. The molecule has 5 heteroatoms. The number of rotatable bonds is 2. The fourth-order valence-corrected chi connectivity index (χ4v) is 2.12. The topological polar surface area (TPSA) is 68.0 Å². The van der Waals surface area contributed by atoms with Gasteiger partial charge in [-0.1, -0.05) is 6.07 Å². The Kier molecular flexibility index (Phi) is 2.75. The normalized spacial score (nSPS) is 10.9. The monoisotopic (exact) mass is 267 g/mol. The Hall–Kier alpha value is -2.69. The van der Waals surface area contributed by atoms with Crippen LogP contribution in [0.4, 0.5) is 0 Å². The maximum Gasteiger partial charge on any atom is 0.354 e. The van der Waals surface area contributed by atoms with Gasteiger partial charge in [0, 0.05) is 0 Å². The van der Waals surface area contributed by atoms with Crippen molar-refractivity contribution < 1.29 is 9.90 Å². The fourth-order valence-electron chi connectivity index (χ4n) is 2.12. The Bertz CT molecular complexity index is 821. The number of aromatic carboxylic acids is 1. The lowest BCUT2D eigenvalue weighted by Gasteiger charge is -2.06. The predicted molar refractivity (Wildman–Crippen MR) is 75.3 cm³/mol. The first-order valence-corrected chi connectivity index (χ1v) is 6.21. The number of benzene rings is 1. The van der Waals surface area contributed by atoms with E-state index in [-0.39, 0.29) is 5.69 Å². The van der Waals surface area contributed by atoms with Crippen LogP contribution in [0.3, 0.4) is 0 Å². The molecule has 2 aromatic heterocycles. The molecule has 0 aliphatic rings. The molecule has 0 atom stereocenters. The summed E-state index contributed by atoms with van der Waals surface area (Å²) in [7, 11) is 0. The van der Waals surface area contributed by atoms with E-state index >= 15 is 0 Å². The highest BCUT2D eigenvalue weighted by atomic mass is 16.4. The quantitative estimate of drug-likeness (QED) is 0.775. The van der Waals surface area contributed by atoms with Crippen LogP contribution in [0.25, 0.3) is 16.9 Å². The molecule has 0 aliphatic carbocycles. The van der Waals surface area contributed by atoms with E-state index in [9.17, 15) is 4.79 Å². The van der Waals surface area contributed by atoms with Crippen LogP contribution in [0.15, 0.2) is 36.7 Å². The van der Waals surface area contributed by atoms with Crippen molar-refractivity contribution in [1.82, 2.24) is 14.5 Å². The molecule has 0 radical (unpaired) electrons. The number of fused-ring (bicyclic) bond motifs is 1. The molecule has 1 N–H and O–H groups in total. The first-order valence-electron chi connectivity index (χ1n) is 6.21. The third-order valence-corrected chi connectivity index (χ3v) is 3.36. The van der Waals surface area contributed by atoms with E-state index in [1.807, 2.05) is 26.0 Å². The van der Waals surface area contributed by atoms with Gasteiger partial charge in [0.05, 0.1) is 11.0 Å². The van der Waals surface area contributed by atoms with Crippen LogP contribution in [0.2, 0.25) is 0 Å². The van der Waals surface area contributed by atoms with E-state index in [4.69, 9.17) is 5.11 Å². The second-order valence-electron chi connectivity index (χ2n) is 4.73. The summed E-state index contributed by atoms with van der Waals surface area (Å²) >= 11 is 0. The van der Waals surface area contributed by atoms with Crippen LogP contribution >= 0.6 is 0 Å². The molecule has 1 aromatic carbocycles. The first kappa shape index (κ1) is 12.3. The molecule has 0 saturated heterocycles. The summed E-state index contributed by atoms with van der Waals surface area (Å²) in [5, 5.41) is 9.01. The second kappa shape index (κ2) is 4.45. The van der Waals surface area contributed by atoms with Crippen LogP contribution in [0.5, 0.6) is 0 Å². The lowest BCUT2D eigenvalue weighted by molar-refractivity contribution is 0.0690. The number of imidazole rings is 1. The van der Waals surface area contributed by atoms with Crippen LogP contribution in [-0.4, -0.2) is 25.6 Å². The largest absolute Gasteiger partial charge is 0.477 e. The van der Waals surface area contributed by atoms with E-state index in [1.165, 1.54) is 11.6 Å². The van der Waals surface area contributed by atoms with E-state index in [0.29, 0.717) is 5.82 Å². The van der Waals surface area contributed by atoms with Crippen molar-refractivity contribution in [2.75, 3.05) is 0 Å². The zero-order chi connectivity index (χ0) is 14.3. The summed E-state index contributed by atoms with van der Waals surface area (Å²) in [5.74, 6) is -0.487. The first-order chi connectivity index (χ1) is 9.56. The third-order valence-electron chi connectivity index (χ3n) is 3.36. The maximum absolute atomic E-state index is 11.0. The van der Waals surface area contributed by atoms with Crippen LogP contribution in [0.1, 0.15) is 21.6 Å². The molecule has 5 nitrogen and oxygen atoms in total. The summed E-state index contributed by atoms with van der Waals surface area (Å²) in [6, 6.07) is 8.97. The molecule has 20 heavy (non-hydrogen) atoms. The molecule has 0 spiro atoms. The number of hydrogen-bond acceptors (Lipinski definition) is 3. The van der Waals surface area contributed by atoms with Crippen LogP contribution < -0.4 is 0 Å². The molecule has 0 saturated carbocycles. The van der Waals surface area contributed by atoms with Gasteiger partial charge in [0.15, 0.2) is 5.69 Å². The number of carbonyl (C=O) groups is 1. The van der Waals surface area contributed by atoms with Gasteiger partial charge in [-0.2, -0.15) is 0 Å². The fraction of sp³-hybridized carbons (Fsp3) is 0.133. The highest BCUT2D eigenvalue weighted by Crippen LogP contribution is 2.21. The molecular formula is C15H13N3O2. The Morgan fingerprint density at radius 2 is 1.95 bits per heavy atom. The van der Waals surface area contributed by atoms with Gasteiger partial charge in [0.2, 0.25) is 0 Å². The zero-order valence-electron chi connectivity index (χ0n) is 11.2. The van der Waals surface area contributed by atoms with Crippen molar-refractivity contribution in [2.45, 2.75) is 13.8 Å². The standard InChI is InChI=1S/C15H13N3O2/c1-9-6-12-13(7-10(9)2)18(8-16-12)14-5-3-4-11(17-14)15(19)20/h3-8H,1-2H3,(H,19,20). The number of carboxylic acids is 1. The van der Waals surface area contributed by atoms with Crippen molar-refractivity contribution in [3.8, 4) is 5.82 Å². The highest BCUT2D eigenvalue weighted by Gasteiger charge is 2.10. The molecule has 0 fully saturated rings. The number of carboxylic acid groups (broad SMARTS) is 1. The van der Waals surface area contributed by atoms with Gasteiger partial charge in [-0.25, -0.2) is 14.8 Å². The second-order valence-corrected chi connectivity index (χ2v) is 4.73. The van der Waals surface area contributed by atoms with Gasteiger partial charge in [-0.05, 0) is 49.2 Å². The number of aromatic nitrogens is 3. The van der Waals surface area contributed by atoms with Gasteiger partial charge >= 0.3 is 5.97 Å². The van der Waals surface area contributed by atoms with E-state index in [2.05, 4.69) is 9.97 Å². The molecule has 3 aromatic rings. The van der Waals surface area contributed by atoms with Gasteiger partial charge < -0.3 is 5.11 Å². The van der Waals surface area contributed by atoms with Crippen molar-refractivity contribution >= 4 is 17.0 Å². The molecule has 3 rings (SSSR count). The summed E-state index contributed by atoms with van der Waals surface area (Å²) in [6.45, 7) is 4.07. The van der Waals surface area contributed by atoms with Gasteiger partial charge in [-0.3, -0.25) is 4.57 Å². The maximum atomic E-state index is 11.0. The average Bonchev–Trinajstić information content (AvgIpc) is 2.82. The van der Waals surface area contributed by atoms with E-state index in [1.54, 1.807) is 23.0 Å². The molecule has 0 unspecified atom stereocenters. The number of nitrogens with zero attached hydrogens (tertiary/aromatic N) is 3. The Balaban J connectivity index is 2.22. The third kappa shape index (κ3) is 1.93. The summed E-state index contributed by atoms with van der Waals surface area (Å²) in [5.41, 5.74) is 4.15. The van der Waals surface area contributed by atoms with Crippen molar-refractivity contribution in [2.24, 2.45) is 0 Å². The van der Waals surface area contributed by atoms with Gasteiger partial charge in [0.1, 0.15) is 12.1 Å². The van der Waals surface area contributed by atoms with Crippen molar-refractivity contribution in [3.63, 3.8) is 0 Å². The molecule has 0 amide bonds. The van der Waals surface area contributed by atoms with Crippen molar-refractivity contribution in [1.29, 1.82) is 0 Å². The predicted octanol–water partition coefficient (Wildman–Crippen LogP) is 2.74. The Labute approximate surface area is 115 Å². The van der Waals surface area contributed by atoms with E-state index in [0.717, 1.165) is 16.6 Å². The molecule has 2 heterocycles. The summed E-state index contributed by atoms with van der Waals surface area (Å²) < 4.78 is 1.80. The SMILES string of the molecule is Cc1cc2ncn(-c3cccc(C(=O)O)n3)c2cc1C. The summed E-state index contributed by atoms with van der Waals surface area (Å²) in [4.78, 5) is 19.5. The molecule has 100 valence electrons. The molecule has 0 aliphatic heterocycles. The minimum atomic E-state index is -1.04. The van der Waals surface area contributed by atoms with Crippen molar-refractivity contribution in [3.05, 3.63) is 53.5 Å². The minimum Gasteiger partial charge on any atom is -0.477 e. The number of hydrogen-bond donors (Lipinski definition) is 1. The average molecular weight is 267 g/mol. The number of aryl methyl sites for hydroxylation is 2. The van der Waals surface area contributed by atoms with Crippen LogP contribution in [0, 0.1) is 13.8 Å². The smallest absolute Gasteiger partial charge is 0.354 e. The minimum absolute atomic E-state index is 0.0215. The van der Waals surface area contributed by atoms with Gasteiger partial charge in [-0.15, -0.1) is 0 Å². The Morgan fingerprint density at radius 3 is 2.70 bits per heavy atom.